The molecule has 2 aliphatic carbocycles. The average Bonchev–Trinajstić information content (AvgIpc) is 3.10. The van der Waals surface area contributed by atoms with Crippen LogP contribution in [0.25, 0.3) is 0 Å². The number of hydrogen-bond donors (Lipinski definition) is 2. The minimum absolute atomic E-state index is 0.0782. The van der Waals surface area contributed by atoms with E-state index in [1.54, 1.807) is 13.8 Å². The molecule has 1 saturated heterocycles. The van der Waals surface area contributed by atoms with Crippen molar-refractivity contribution in [2.75, 3.05) is 6.61 Å². The molecule has 1 aliphatic heterocycles. The Morgan fingerprint density at radius 2 is 1.39 bits per heavy atom. The van der Waals surface area contributed by atoms with Gasteiger partial charge in [-0.05, 0) is 18.9 Å². The van der Waals surface area contributed by atoms with Gasteiger partial charge in [-0.25, -0.2) is 0 Å². The Hall–Kier alpha value is -3.52. The highest BCUT2D eigenvalue weighted by atomic mass is 16.6. The molecule has 2 fully saturated rings. The van der Waals surface area contributed by atoms with E-state index in [0.29, 0.717) is 0 Å². The van der Waals surface area contributed by atoms with E-state index in [9.17, 15) is 39.0 Å². The quantitative estimate of drug-likeness (QED) is 0.240. The minimum atomic E-state index is -2.32. The normalized spacial score (nSPS) is 39.6. The summed E-state index contributed by atoms with van der Waals surface area (Å²) < 4.78 is 33.9. The highest BCUT2D eigenvalue weighted by Crippen LogP contribution is 2.56. The van der Waals surface area contributed by atoms with Crippen LogP contribution in [0.2, 0.25) is 0 Å². The molecule has 246 valence electrons. The summed E-state index contributed by atoms with van der Waals surface area (Å²) in [6.45, 7) is 9.83. The number of rotatable bonds is 6. The Bertz CT molecular complexity index is 1210. The van der Waals surface area contributed by atoms with Crippen molar-refractivity contribution in [1.82, 2.24) is 0 Å². The van der Waals surface area contributed by atoms with Gasteiger partial charge in [0.25, 0.3) is 0 Å². The van der Waals surface area contributed by atoms with Crippen LogP contribution in [0.5, 0.6) is 0 Å². The van der Waals surface area contributed by atoms with Gasteiger partial charge in [-0.2, -0.15) is 0 Å². The Morgan fingerprint density at radius 1 is 0.864 bits per heavy atom. The van der Waals surface area contributed by atoms with E-state index in [-0.39, 0.29) is 18.4 Å². The smallest absolute Gasteiger partial charge is 0.312 e. The van der Waals surface area contributed by atoms with Crippen molar-refractivity contribution in [3.05, 3.63) is 11.6 Å². The summed E-state index contributed by atoms with van der Waals surface area (Å²) in [7, 11) is 0. The van der Waals surface area contributed by atoms with Gasteiger partial charge in [-0.15, -0.1) is 0 Å². The van der Waals surface area contributed by atoms with E-state index in [0.717, 1.165) is 34.6 Å². The zero-order valence-electron chi connectivity index (χ0n) is 26.2. The lowest BCUT2D eigenvalue weighted by Gasteiger charge is -2.58. The third-order valence-corrected chi connectivity index (χ3v) is 9.13. The summed E-state index contributed by atoms with van der Waals surface area (Å²) >= 11 is 0. The first-order chi connectivity index (χ1) is 20.3. The number of ether oxygens (including phenoxy) is 6. The van der Waals surface area contributed by atoms with Gasteiger partial charge in [0.1, 0.15) is 31.0 Å². The third kappa shape index (κ3) is 6.75. The predicted molar refractivity (Wildman–Crippen MR) is 147 cm³/mol. The van der Waals surface area contributed by atoms with Gasteiger partial charge in [0.2, 0.25) is 0 Å². The highest BCUT2D eigenvalue weighted by molar-refractivity contribution is 5.78. The van der Waals surface area contributed by atoms with Crippen molar-refractivity contribution >= 4 is 35.8 Å². The van der Waals surface area contributed by atoms with E-state index in [1.165, 1.54) is 13.0 Å². The van der Waals surface area contributed by atoms with Crippen LogP contribution in [-0.2, 0) is 57.2 Å². The fourth-order valence-corrected chi connectivity index (χ4v) is 7.00. The molecule has 0 spiro atoms. The maximum Gasteiger partial charge on any atom is 0.312 e. The first kappa shape index (κ1) is 35.0. The molecule has 2 N–H and O–H groups in total. The lowest BCUT2D eigenvalue weighted by Crippen LogP contribution is -2.69. The molecule has 14 nitrogen and oxygen atoms in total. The molecule has 0 aromatic rings. The van der Waals surface area contributed by atoms with E-state index in [2.05, 4.69) is 0 Å². The fourth-order valence-electron chi connectivity index (χ4n) is 7.00. The molecule has 0 radical (unpaired) electrons. The van der Waals surface area contributed by atoms with Crippen LogP contribution in [0.3, 0.4) is 0 Å². The summed E-state index contributed by atoms with van der Waals surface area (Å²) in [4.78, 5) is 74.9. The summed E-state index contributed by atoms with van der Waals surface area (Å²) in [5.74, 6) is -7.88. The molecule has 0 bridgehead atoms. The number of carbonyl (C=O) groups is 6. The van der Waals surface area contributed by atoms with Gasteiger partial charge in [0.15, 0.2) is 11.7 Å². The first-order valence-corrected chi connectivity index (χ1v) is 14.5. The van der Waals surface area contributed by atoms with E-state index >= 15 is 0 Å². The summed E-state index contributed by atoms with van der Waals surface area (Å²) in [5, 5.41) is 23.8. The molecule has 11 atom stereocenters. The van der Waals surface area contributed by atoms with Crippen molar-refractivity contribution in [2.45, 2.75) is 110 Å². The van der Waals surface area contributed by atoms with Crippen LogP contribution in [0.4, 0.5) is 0 Å². The van der Waals surface area contributed by atoms with E-state index in [1.807, 2.05) is 0 Å². The molecule has 0 aromatic carbocycles. The Kier molecular flexibility index (Phi) is 10.5. The van der Waals surface area contributed by atoms with Crippen molar-refractivity contribution in [1.29, 1.82) is 0 Å². The highest BCUT2D eigenvalue weighted by Gasteiger charge is 2.69. The zero-order chi connectivity index (χ0) is 33.3. The molecule has 0 amide bonds. The number of fused-ring (bicyclic) bond motifs is 2. The van der Waals surface area contributed by atoms with Crippen LogP contribution in [0, 0.1) is 23.2 Å². The monoisotopic (exact) mass is 626 g/mol. The second kappa shape index (κ2) is 13.2. The van der Waals surface area contributed by atoms with Gasteiger partial charge >= 0.3 is 35.8 Å². The van der Waals surface area contributed by atoms with E-state index < -0.39 is 108 Å². The van der Waals surface area contributed by atoms with Crippen LogP contribution in [0.15, 0.2) is 11.6 Å². The van der Waals surface area contributed by atoms with Crippen molar-refractivity contribution < 1.29 is 67.4 Å². The molecule has 14 heteroatoms. The molecular formula is C30H42O14. The van der Waals surface area contributed by atoms with Crippen LogP contribution >= 0.6 is 0 Å². The molecule has 0 aromatic heterocycles. The maximum atomic E-state index is 13.1. The standard InChI is InChI=1S/C30H42O14/c1-13-21(36)10-23(41-17(5)33)29(8)24(42-18(6)34)11-22(40-16(4)32)20(12-39-15(3)31)9-25-30(38,14(2)28(37)44-25)27(26(13)29)43-19(7)35/h9,13-14,21-27,36,38H,10-12H2,1-8H3/b20-9-/t13-,14-,21-,22?,23-,24+,25-,26+,27?,29+,30-/m0/s1. The SMILES string of the molecule is CC(=O)OC/C1=C/[C@@H]2OC(=O)[C@H](C)[C@@]2(O)C(OC(C)=O)[C@H]2[C@@H](C)[C@@H](O)C[C@H](OC(C)=O)[C@]2(C)[C@H](OC(C)=O)CC1OC(C)=O. The molecule has 3 rings (SSSR count). The first-order valence-electron chi connectivity index (χ1n) is 14.5. The van der Waals surface area contributed by atoms with Gasteiger partial charge < -0.3 is 38.6 Å². The zero-order valence-corrected chi connectivity index (χ0v) is 26.2. The number of esters is 6. The Labute approximate surface area is 255 Å². The predicted octanol–water partition coefficient (Wildman–Crippen LogP) is 0.922. The molecule has 1 heterocycles. The number of aliphatic hydroxyl groups excluding tert-OH is 1. The Balaban J connectivity index is 2.48. The van der Waals surface area contributed by atoms with Crippen molar-refractivity contribution in [2.24, 2.45) is 23.2 Å². The molecular weight excluding hydrogens is 584 g/mol. The van der Waals surface area contributed by atoms with Gasteiger partial charge in [0.05, 0.1) is 12.0 Å². The summed E-state index contributed by atoms with van der Waals surface area (Å²) in [6, 6.07) is 0. The molecule has 3 aliphatic rings. The van der Waals surface area contributed by atoms with Crippen LogP contribution < -0.4 is 0 Å². The minimum Gasteiger partial charge on any atom is -0.462 e. The average molecular weight is 627 g/mol. The molecule has 1 saturated carbocycles. The van der Waals surface area contributed by atoms with E-state index in [4.69, 9.17) is 28.4 Å². The lowest BCUT2D eigenvalue weighted by atomic mass is 9.52. The fraction of sp³-hybridized carbons (Fsp3) is 0.733. The summed E-state index contributed by atoms with van der Waals surface area (Å²) in [6.07, 6.45) is -7.15. The van der Waals surface area contributed by atoms with Crippen LogP contribution in [-0.4, -0.2) is 94.9 Å². The second-order valence-electron chi connectivity index (χ2n) is 12.1. The Morgan fingerprint density at radius 3 is 1.89 bits per heavy atom. The number of carbonyl (C=O) groups excluding carboxylic acids is 6. The molecule has 2 unspecified atom stereocenters. The third-order valence-electron chi connectivity index (χ3n) is 9.13. The number of hydrogen-bond acceptors (Lipinski definition) is 14. The van der Waals surface area contributed by atoms with Crippen molar-refractivity contribution in [3.63, 3.8) is 0 Å². The maximum absolute atomic E-state index is 13.1. The largest absolute Gasteiger partial charge is 0.462 e. The van der Waals surface area contributed by atoms with Gasteiger partial charge in [-0.1, -0.05) is 13.8 Å². The number of aliphatic hydroxyl groups is 2. The van der Waals surface area contributed by atoms with Gasteiger partial charge in [-0.3, -0.25) is 28.8 Å². The molecule has 44 heavy (non-hydrogen) atoms. The van der Waals surface area contributed by atoms with Gasteiger partial charge in [0, 0.05) is 64.4 Å². The van der Waals surface area contributed by atoms with Crippen LogP contribution in [0.1, 0.15) is 68.2 Å². The topological polar surface area (TPSA) is 198 Å². The lowest BCUT2D eigenvalue weighted by molar-refractivity contribution is -0.252. The summed E-state index contributed by atoms with van der Waals surface area (Å²) in [5.41, 5.74) is -3.79. The second-order valence-corrected chi connectivity index (χ2v) is 12.1. The van der Waals surface area contributed by atoms with Crippen molar-refractivity contribution in [3.8, 4) is 0 Å².